The molecule has 3 nitrogen and oxygen atoms in total. The topological polar surface area (TPSA) is 44.9 Å². The van der Waals surface area contributed by atoms with Crippen LogP contribution in [-0.4, -0.2) is 17.8 Å². The Hall–Kier alpha value is -1.61. The molecule has 0 aliphatic heterocycles. The second-order valence-electron chi connectivity index (χ2n) is 3.57. The summed E-state index contributed by atoms with van der Waals surface area (Å²) in [5.74, 6) is 0. The van der Waals surface area contributed by atoms with Gasteiger partial charge in [0.1, 0.15) is 6.29 Å². The van der Waals surface area contributed by atoms with Gasteiger partial charge in [-0.1, -0.05) is 18.2 Å². The molecule has 1 aromatic heterocycles. The number of nitrogens with one attached hydrogen (secondary N) is 2. The van der Waals surface area contributed by atoms with Crippen molar-refractivity contribution < 1.29 is 4.79 Å². The predicted molar refractivity (Wildman–Crippen MR) is 60.8 cm³/mol. The van der Waals surface area contributed by atoms with Crippen LogP contribution in [0.5, 0.6) is 0 Å². The number of benzene rings is 1. The summed E-state index contributed by atoms with van der Waals surface area (Å²) in [7, 11) is 0. The summed E-state index contributed by atoms with van der Waals surface area (Å²) < 4.78 is 0. The molecule has 0 saturated carbocycles. The van der Waals surface area contributed by atoms with Gasteiger partial charge in [0.15, 0.2) is 0 Å². The lowest BCUT2D eigenvalue weighted by molar-refractivity contribution is -0.107. The maximum absolute atomic E-state index is 10.2. The van der Waals surface area contributed by atoms with E-state index in [1.807, 2.05) is 12.1 Å². The lowest BCUT2D eigenvalue weighted by Crippen LogP contribution is -2.15. The molecule has 0 saturated heterocycles. The number of H-pyrrole nitrogens is 1. The average molecular weight is 202 g/mol. The van der Waals surface area contributed by atoms with Gasteiger partial charge in [-0.15, -0.1) is 0 Å². The molecular weight excluding hydrogens is 188 g/mol. The molecule has 0 amide bonds. The third kappa shape index (κ3) is 1.92. The van der Waals surface area contributed by atoms with Crippen LogP contribution in [0.1, 0.15) is 11.3 Å². The third-order valence-corrected chi connectivity index (χ3v) is 2.56. The molecule has 2 N–H and O–H groups in total. The van der Waals surface area contributed by atoms with Crippen molar-refractivity contribution in [3.63, 3.8) is 0 Å². The molecule has 15 heavy (non-hydrogen) atoms. The molecule has 0 radical (unpaired) electrons. The largest absolute Gasteiger partial charge is 0.358 e. The second kappa shape index (κ2) is 4.28. The minimum atomic E-state index is 0.402. The predicted octanol–water partition coefficient (Wildman–Crippen LogP) is 1.76. The zero-order valence-electron chi connectivity index (χ0n) is 8.71. The molecule has 0 fully saturated rings. The van der Waals surface area contributed by atoms with Gasteiger partial charge in [-0.2, -0.15) is 0 Å². The Morgan fingerprint density at radius 3 is 3.00 bits per heavy atom. The minimum Gasteiger partial charge on any atom is -0.358 e. The van der Waals surface area contributed by atoms with Crippen molar-refractivity contribution in [2.24, 2.45) is 0 Å². The van der Waals surface area contributed by atoms with Crippen molar-refractivity contribution in [3.05, 3.63) is 35.5 Å². The summed E-state index contributed by atoms with van der Waals surface area (Å²) in [6.45, 7) is 3.19. The van der Waals surface area contributed by atoms with E-state index in [0.29, 0.717) is 6.54 Å². The number of aldehydes is 1. The monoisotopic (exact) mass is 202 g/mol. The molecule has 78 valence electrons. The summed E-state index contributed by atoms with van der Waals surface area (Å²) in [6, 6.07) is 8.20. The Kier molecular flexibility index (Phi) is 2.83. The molecule has 0 aliphatic carbocycles. The van der Waals surface area contributed by atoms with Gasteiger partial charge >= 0.3 is 0 Å². The van der Waals surface area contributed by atoms with Crippen molar-refractivity contribution in [1.82, 2.24) is 10.3 Å². The van der Waals surface area contributed by atoms with Crippen LogP contribution in [0.15, 0.2) is 24.3 Å². The second-order valence-corrected chi connectivity index (χ2v) is 3.57. The molecule has 0 unspecified atom stereocenters. The van der Waals surface area contributed by atoms with E-state index in [1.54, 1.807) is 0 Å². The van der Waals surface area contributed by atoms with Gasteiger partial charge in [0.25, 0.3) is 0 Å². The van der Waals surface area contributed by atoms with Crippen molar-refractivity contribution in [1.29, 1.82) is 0 Å². The fraction of sp³-hybridized carbons (Fsp3) is 0.250. The average Bonchev–Trinajstić information content (AvgIpc) is 2.56. The Morgan fingerprint density at radius 2 is 2.20 bits per heavy atom. The molecule has 0 atom stereocenters. The summed E-state index contributed by atoms with van der Waals surface area (Å²) in [4.78, 5) is 13.5. The van der Waals surface area contributed by atoms with Crippen LogP contribution in [-0.2, 0) is 11.3 Å². The van der Waals surface area contributed by atoms with Gasteiger partial charge in [0, 0.05) is 23.1 Å². The van der Waals surface area contributed by atoms with Gasteiger partial charge in [0.2, 0.25) is 0 Å². The van der Waals surface area contributed by atoms with E-state index in [-0.39, 0.29) is 0 Å². The Labute approximate surface area is 88.5 Å². The number of hydrogen-bond acceptors (Lipinski definition) is 2. The molecule has 2 aromatic rings. The molecule has 0 bridgehead atoms. The van der Waals surface area contributed by atoms with Crippen LogP contribution in [0.3, 0.4) is 0 Å². The number of rotatable bonds is 4. The first-order valence-corrected chi connectivity index (χ1v) is 5.03. The van der Waals surface area contributed by atoms with Gasteiger partial charge in [-0.25, -0.2) is 0 Å². The minimum absolute atomic E-state index is 0.402. The lowest BCUT2D eigenvalue weighted by Gasteiger charge is -2.00. The van der Waals surface area contributed by atoms with Crippen LogP contribution in [0.4, 0.5) is 0 Å². The first-order chi connectivity index (χ1) is 7.33. The third-order valence-electron chi connectivity index (χ3n) is 2.56. The number of carbonyl (C=O) groups excluding carboxylic acids is 1. The number of aryl methyl sites for hydroxylation is 1. The fourth-order valence-corrected chi connectivity index (χ4v) is 1.82. The van der Waals surface area contributed by atoms with Gasteiger partial charge in [0.05, 0.1) is 6.54 Å². The molecular formula is C12H14N2O. The van der Waals surface area contributed by atoms with E-state index in [4.69, 9.17) is 0 Å². The quantitative estimate of drug-likeness (QED) is 0.586. The van der Waals surface area contributed by atoms with Crippen molar-refractivity contribution in [2.75, 3.05) is 6.54 Å². The molecule has 1 heterocycles. The van der Waals surface area contributed by atoms with Crippen LogP contribution in [0.25, 0.3) is 10.9 Å². The van der Waals surface area contributed by atoms with E-state index in [0.717, 1.165) is 24.0 Å². The number of aromatic amines is 1. The highest BCUT2D eigenvalue weighted by Gasteiger charge is 2.06. The fourth-order valence-electron chi connectivity index (χ4n) is 1.82. The first kappa shape index (κ1) is 9.93. The summed E-state index contributed by atoms with van der Waals surface area (Å²) in [6.07, 6.45) is 0.879. The highest BCUT2D eigenvalue weighted by molar-refractivity contribution is 5.84. The normalized spacial score (nSPS) is 10.7. The van der Waals surface area contributed by atoms with Gasteiger partial charge in [-0.3, -0.25) is 0 Å². The van der Waals surface area contributed by atoms with Crippen molar-refractivity contribution in [2.45, 2.75) is 13.5 Å². The number of carbonyl (C=O) groups is 1. The van der Waals surface area contributed by atoms with E-state index in [1.165, 1.54) is 10.9 Å². The number of para-hydroxylation sites is 1. The van der Waals surface area contributed by atoms with Crippen molar-refractivity contribution in [3.8, 4) is 0 Å². The van der Waals surface area contributed by atoms with E-state index in [2.05, 4.69) is 29.4 Å². The maximum atomic E-state index is 10.2. The molecule has 0 spiro atoms. The van der Waals surface area contributed by atoms with Gasteiger partial charge in [-0.05, 0) is 18.6 Å². The number of aromatic nitrogens is 1. The van der Waals surface area contributed by atoms with Crippen LogP contribution >= 0.6 is 0 Å². The summed E-state index contributed by atoms with van der Waals surface area (Å²) in [5, 5.41) is 4.31. The van der Waals surface area contributed by atoms with E-state index < -0.39 is 0 Å². The summed E-state index contributed by atoms with van der Waals surface area (Å²) in [5.41, 5.74) is 3.56. The lowest BCUT2D eigenvalue weighted by atomic mass is 10.1. The Bertz CT molecular complexity index is 473. The Morgan fingerprint density at radius 1 is 1.40 bits per heavy atom. The van der Waals surface area contributed by atoms with Crippen molar-refractivity contribution >= 4 is 17.2 Å². The first-order valence-electron chi connectivity index (χ1n) is 5.03. The Balaban J connectivity index is 2.32. The zero-order valence-corrected chi connectivity index (χ0v) is 8.71. The number of hydrogen-bond donors (Lipinski definition) is 2. The van der Waals surface area contributed by atoms with E-state index in [9.17, 15) is 4.79 Å². The highest BCUT2D eigenvalue weighted by atomic mass is 16.1. The van der Waals surface area contributed by atoms with Crippen LogP contribution < -0.4 is 5.32 Å². The smallest absolute Gasteiger partial charge is 0.133 e. The molecule has 1 aromatic carbocycles. The van der Waals surface area contributed by atoms with Crippen LogP contribution in [0.2, 0.25) is 0 Å². The highest BCUT2D eigenvalue weighted by Crippen LogP contribution is 2.21. The standard InChI is InChI=1S/C12H14N2O/c1-9-11(8-13-6-7-15)10-4-2-3-5-12(10)14-9/h2-5,7,13-14H,6,8H2,1H3. The summed E-state index contributed by atoms with van der Waals surface area (Å²) >= 11 is 0. The van der Waals surface area contributed by atoms with Gasteiger partial charge < -0.3 is 15.1 Å². The molecule has 3 heteroatoms. The molecule has 2 rings (SSSR count). The van der Waals surface area contributed by atoms with Crippen LogP contribution in [0, 0.1) is 6.92 Å². The number of fused-ring (bicyclic) bond motifs is 1. The maximum Gasteiger partial charge on any atom is 0.133 e. The zero-order chi connectivity index (χ0) is 10.7. The SMILES string of the molecule is Cc1[nH]c2ccccc2c1CNCC=O. The van der Waals surface area contributed by atoms with E-state index >= 15 is 0 Å². The molecule has 0 aliphatic rings.